The maximum absolute atomic E-state index is 12.1. The van der Waals surface area contributed by atoms with Gasteiger partial charge in [0.2, 0.25) is 5.91 Å². The van der Waals surface area contributed by atoms with E-state index >= 15 is 0 Å². The Hall–Kier alpha value is -1.91. The van der Waals surface area contributed by atoms with Crippen LogP contribution in [0.25, 0.3) is 0 Å². The first kappa shape index (κ1) is 17.1. The van der Waals surface area contributed by atoms with E-state index in [0.29, 0.717) is 24.6 Å². The van der Waals surface area contributed by atoms with Gasteiger partial charge in [-0.15, -0.1) is 0 Å². The van der Waals surface area contributed by atoms with E-state index in [1.165, 1.54) is 0 Å². The van der Waals surface area contributed by atoms with Gasteiger partial charge in [-0.3, -0.25) is 4.79 Å². The summed E-state index contributed by atoms with van der Waals surface area (Å²) < 4.78 is 5.62. The number of nitrogens with two attached hydrogens (primary N) is 1. The molecule has 0 saturated carbocycles. The predicted octanol–water partition coefficient (Wildman–Crippen LogP) is 2.36. The van der Waals surface area contributed by atoms with Gasteiger partial charge in [0.15, 0.2) is 0 Å². The Morgan fingerprint density at radius 3 is 2.48 bits per heavy atom. The third-order valence-corrected chi connectivity index (χ3v) is 3.39. The SMILES string of the molecule is CCCOc1cc(N(C)CC(=O)N(CC)CC)ccc1N. The molecule has 0 heterocycles. The van der Waals surface area contributed by atoms with Gasteiger partial charge >= 0.3 is 0 Å². The van der Waals surface area contributed by atoms with Gasteiger partial charge in [0.25, 0.3) is 0 Å². The van der Waals surface area contributed by atoms with E-state index in [4.69, 9.17) is 10.5 Å². The minimum atomic E-state index is 0.121. The predicted molar refractivity (Wildman–Crippen MR) is 87.8 cm³/mol. The summed E-state index contributed by atoms with van der Waals surface area (Å²) in [4.78, 5) is 15.9. The summed E-state index contributed by atoms with van der Waals surface area (Å²) in [5.41, 5.74) is 7.45. The Bertz CT molecular complexity index is 459. The molecule has 1 rings (SSSR count). The van der Waals surface area contributed by atoms with Crippen LogP contribution in [0, 0.1) is 0 Å². The molecule has 2 N–H and O–H groups in total. The third-order valence-electron chi connectivity index (χ3n) is 3.39. The number of likely N-dealkylation sites (N-methyl/N-ethyl adjacent to an activating group) is 2. The Labute approximate surface area is 127 Å². The number of nitrogens with zero attached hydrogens (tertiary/aromatic N) is 2. The number of carbonyl (C=O) groups is 1. The van der Waals surface area contributed by atoms with Crippen LogP contribution in [-0.2, 0) is 4.79 Å². The van der Waals surface area contributed by atoms with Crippen LogP contribution in [0.15, 0.2) is 18.2 Å². The van der Waals surface area contributed by atoms with Crippen molar-refractivity contribution in [3.05, 3.63) is 18.2 Å². The molecule has 0 bridgehead atoms. The molecule has 118 valence electrons. The van der Waals surface area contributed by atoms with E-state index in [1.54, 1.807) is 0 Å². The monoisotopic (exact) mass is 293 g/mol. The fourth-order valence-corrected chi connectivity index (χ4v) is 2.07. The van der Waals surface area contributed by atoms with Gasteiger partial charge in [-0.1, -0.05) is 6.92 Å². The van der Waals surface area contributed by atoms with E-state index in [0.717, 1.165) is 25.2 Å². The van der Waals surface area contributed by atoms with Gasteiger partial charge in [-0.2, -0.15) is 0 Å². The van der Waals surface area contributed by atoms with Gasteiger partial charge in [0, 0.05) is 31.9 Å². The van der Waals surface area contributed by atoms with E-state index in [-0.39, 0.29) is 5.91 Å². The van der Waals surface area contributed by atoms with Crippen LogP contribution in [0.1, 0.15) is 27.2 Å². The minimum absolute atomic E-state index is 0.121. The van der Waals surface area contributed by atoms with E-state index < -0.39 is 0 Å². The normalized spacial score (nSPS) is 10.3. The zero-order valence-electron chi connectivity index (χ0n) is 13.6. The van der Waals surface area contributed by atoms with Gasteiger partial charge in [0.05, 0.1) is 18.8 Å². The van der Waals surface area contributed by atoms with Gasteiger partial charge in [0.1, 0.15) is 5.75 Å². The molecule has 21 heavy (non-hydrogen) atoms. The highest BCUT2D eigenvalue weighted by molar-refractivity contribution is 5.81. The quantitative estimate of drug-likeness (QED) is 0.748. The maximum Gasteiger partial charge on any atom is 0.242 e. The van der Waals surface area contributed by atoms with Crippen molar-refractivity contribution in [1.82, 2.24) is 4.90 Å². The van der Waals surface area contributed by atoms with Gasteiger partial charge in [-0.25, -0.2) is 0 Å². The number of ether oxygens (including phenoxy) is 1. The van der Waals surface area contributed by atoms with Crippen molar-refractivity contribution in [3.63, 3.8) is 0 Å². The zero-order chi connectivity index (χ0) is 15.8. The second-order valence-electron chi connectivity index (χ2n) is 4.99. The van der Waals surface area contributed by atoms with Crippen molar-refractivity contribution >= 4 is 17.3 Å². The van der Waals surface area contributed by atoms with Crippen molar-refractivity contribution in [2.75, 3.05) is 43.9 Å². The molecule has 0 aliphatic carbocycles. The highest BCUT2D eigenvalue weighted by atomic mass is 16.5. The molecule has 0 aromatic heterocycles. The molecule has 1 aromatic carbocycles. The largest absolute Gasteiger partial charge is 0.491 e. The lowest BCUT2D eigenvalue weighted by atomic mass is 10.2. The first-order valence-electron chi connectivity index (χ1n) is 7.54. The van der Waals surface area contributed by atoms with E-state index in [2.05, 4.69) is 6.92 Å². The first-order valence-corrected chi connectivity index (χ1v) is 7.54. The van der Waals surface area contributed by atoms with Crippen LogP contribution < -0.4 is 15.4 Å². The number of amides is 1. The summed E-state index contributed by atoms with van der Waals surface area (Å²) in [5.74, 6) is 0.798. The topological polar surface area (TPSA) is 58.8 Å². The molecular formula is C16H27N3O2. The summed E-state index contributed by atoms with van der Waals surface area (Å²) in [6.07, 6.45) is 0.931. The standard InChI is InChI=1S/C16H27N3O2/c1-5-10-21-15-11-13(8-9-14(15)17)18(4)12-16(20)19(6-2)7-3/h8-9,11H,5-7,10,12,17H2,1-4H3. The van der Waals surface area contributed by atoms with Crippen molar-refractivity contribution in [2.45, 2.75) is 27.2 Å². The highest BCUT2D eigenvalue weighted by Crippen LogP contribution is 2.27. The van der Waals surface area contributed by atoms with Crippen LogP contribution in [0.5, 0.6) is 5.75 Å². The minimum Gasteiger partial charge on any atom is -0.491 e. The molecule has 0 unspecified atom stereocenters. The van der Waals surface area contributed by atoms with Crippen LogP contribution in [0.2, 0.25) is 0 Å². The fourth-order valence-electron chi connectivity index (χ4n) is 2.07. The maximum atomic E-state index is 12.1. The molecule has 1 aromatic rings. The number of hydrogen-bond acceptors (Lipinski definition) is 4. The third kappa shape index (κ3) is 4.85. The van der Waals surface area contributed by atoms with Crippen LogP contribution in [0.4, 0.5) is 11.4 Å². The lowest BCUT2D eigenvalue weighted by Crippen LogP contribution is -2.38. The Morgan fingerprint density at radius 1 is 1.24 bits per heavy atom. The molecular weight excluding hydrogens is 266 g/mol. The average Bonchev–Trinajstić information content (AvgIpc) is 2.47. The summed E-state index contributed by atoms with van der Waals surface area (Å²) in [6, 6.07) is 5.61. The first-order chi connectivity index (χ1) is 10.0. The van der Waals surface area contributed by atoms with Crippen LogP contribution >= 0.6 is 0 Å². The molecule has 0 spiro atoms. The lowest BCUT2D eigenvalue weighted by molar-refractivity contribution is -0.129. The summed E-state index contributed by atoms with van der Waals surface area (Å²) in [6.45, 7) is 8.47. The molecule has 0 aliphatic rings. The summed E-state index contributed by atoms with van der Waals surface area (Å²) in [7, 11) is 1.90. The lowest BCUT2D eigenvalue weighted by Gasteiger charge is -2.25. The van der Waals surface area contributed by atoms with Crippen LogP contribution in [0.3, 0.4) is 0 Å². The zero-order valence-corrected chi connectivity index (χ0v) is 13.6. The molecule has 1 amide bonds. The number of carbonyl (C=O) groups excluding carboxylic acids is 1. The van der Waals surface area contributed by atoms with E-state index in [1.807, 2.05) is 48.9 Å². The number of anilines is 2. The smallest absolute Gasteiger partial charge is 0.242 e. The summed E-state index contributed by atoms with van der Waals surface area (Å²) >= 11 is 0. The highest BCUT2D eigenvalue weighted by Gasteiger charge is 2.14. The number of rotatable bonds is 8. The molecule has 0 saturated heterocycles. The average molecular weight is 293 g/mol. The molecule has 0 atom stereocenters. The Morgan fingerprint density at radius 2 is 1.90 bits per heavy atom. The Balaban J connectivity index is 2.77. The molecule has 0 fully saturated rings. The van der Waals surface area contributed by atoms with E-state index in [9.17, 15) is 4.79 Å². The Kier molecular flexibility index (Phi) is 6.85. The second kappa shape index (κ2) is 8.39. The molecule has 5 heteroatoms. The molecule has 0 radical (unpaired) electrons. The van der Waals surface area contributed by atoms with Crippen molar-refractivity contribution in [1.29, 1.82) is 0 Å². The number of nitrogen functional groups attached to an aromatic ring is 1. The fraction of sp³-hybridized carbons (Fsp3) is 0.562. The van der Waals surface area contributed by atoms with Crippen molar-refractivity contribution in [2.24, 2.45) is 0 Å². The van der Waals surface area contributed by atoms with Gasteiger partial charge < -0.3 is 20.3 Å². The number of hydrogen-bond donors (Lipinski definition) is 1. The van der Waals surface area contributed by atoms with Gasteiger partial charge in [-0.05, 0) is 32.4 Å². The molecule has 5 nitrogen and oxygen atoms in total. The van der Waals surface area contributed by atoms with Crippen molar-refractivity contribution < 1.29 is 9.53 Å². The van der Waals surface area contributed by atoms with Crippen molar-refractivity contribution in [3.8, 4) is 5.75 Å². The second-order valence-corrected chi connectivity index (χ2v) is 4.99. The van der Waals surface area contributed by atoms with Crippen LogP contribution in [-0.4, -0.2) is 44.1 Å². The molecule has 0 aliphatic heterocycles. The summed E-state index contributed by atoms with van der Waals surface area (Å²) in [5, 5.41) is 0. The number of benzene rings is 1.